The zero-order valence-electron chi connectivity index (χ0n) is 69.9. The molecule has 16 heteroatoms. The Labute approximate surface area is 678 Å². The summed E-state index contributed by atoms with van der Waals surface area (Å²) in [5.41, 5.74) is 0.434. The predicted molar refractivity (Wildman–Crippen MR) is 434 cm³/mol. The van der Waals surface area contributed by atoms with Crippen molar-refractivity contribution in [3.05, 3.63) is 49.1 Å². The second-order valence-corrected chi connectivity index (χ2v) is 39.8. The second kappa shape index (κ2) is 41.9. The van der Waals surface area contributed by atoms with E-state index in [1.54, 1.807) is 6.92 Å². The van der Waals surface area contributed by atoms with Crippen LogP contribution in [0.15, 0.2) is 49.1 Å². The molecule has 0 saturated heterocycles. The molecule has 113 heavy (non-hydrogen) atoms. The van der Waals surface area contributed by atoms with Gasteiger partial charge >= 0.3 is 47.8 Å². The molecule has 13 aliphatic rings. The van der Waals surface area contributed by atoms with Crippen LogP contribution in [0.4, 0.5) is 0 Å². The predicted octanol–water partition coefficient (Wildman–Crippen LogP) is 20.1. The summed E-state index contributed by atoms with van der Waals surface area (Å²) in [7, 11) is 0. The van der Waals surface area contributed by atoms with E-state index >= 15 is 0 Å². The molecule has 0 N–H and O–H groups in total. The van der Waals surface area contributed by atoms with Gasteiger partial charge in [-0.1, -0.05) is 143 Å². The van der Waals surface area contributed by atoms with Crippen LogP contribution < -0.4 is 0 Å². The summed E-state index contributed by atoms with van der Waals surface area (Å²) >= 11 is 0. The molecular formula is C97H146O16. The lowest BCUT2D eigenvalue weighted by molar-refractivity contribution is -0.147. The highest BCUT2D eigenvalue weighted by Crippen LogP contribution is 2.66. The van der Waals surface area contributed by atoms with E-state index < -0.39 is 23.9 Å². The number of hydrogen-bond donors (Lipinski definition) is 0. The molecule has 13 rings (SSSR count). The zero-order valence-corrected chi connectivity index (χ0v) is 69.9. The molecule has 0 aliphatic heterocycles. The minimum absolute atomic E-state index is 0.0381. The zero-order chi connectivity index (χ0) is 78.9. The third-order valence-electron chi connectivity index (χ3n) is 33.0. The summed E-state index contributed by atoms with van der Waals surface area (Å²) in [6.07, 6.45) is 55.2. The maximum Gasteiger partial charge on any atom is 0.333 e. The Kier molecular flexibility index (Phi) is 31.7. The smallest absolute Gasteiger partial charge is 0.333 e. The summed E-state index contributed by atoms with van der Waals surface area (Å²) in [4.78, 5) is 102. The normalized spacial score (nSPS) is 36.9. The van der Waals surface area contributed by atoms with Crippen LogP contribution in [0.1, 0.15) is 290 Å². The summed E-state index contributed by atoms with van der Waals surface area (Å²) in [6.45, 7) is 17.0. The molecule has 0 aromatic heterocycles. The topological polar surface area (TPSA) is 210 Å². The molecule has 0 amide bonds. The van der Waals surface area contributed by atoms with Crippen LogP contribution in [0.2, 0.25) is 0 Å². The molecule has 8 bridgehead atoms. The summed E-state index contributed by atoms with van der Waals surface area (Å²) in [5, 5.41) is 0. The molecule has 16 nitrogen and oxygen atoms in total. The molecule has 13 saturated carbocycles. The summed E-state index contributed by atoms with van der Waals surface area (Å²) in [5.74, 6) is 13.2. The van der Waals surface area contributed by atoms with Gasteiger partial charge in [0.2, 0.25) is 0 Å². The Morgan fingerprint density at radius 3 is 0.920 bits per heavy atom. The Morgan fingerprint density at radius 2 is 0.575 bits per heavy atom. The number of esters is 8. The first-order chi connectivity index (χ1) is 55.0. The minimum atomic E-state index is -0.497. The van der Waals surface area contributed by atoms with E-state index in [9.17, 15) is 38.4 Å². The van der Waals surface area contributed by atoms with E-state index in [-0.39, 0.29) is 23.9 Å². The van der Waals surface area contributed by atoms with Crippen molar-refractivity contribution in [1.82, 2.24) is 0 Å². The lowest BCUT2D eigenvalue weighted by Crippen LogP contribution is -2.35. The maximum atomic E-state index is 13.4. The molecule has 0 spiro atoms. The SMILES string of the molecule is C=CC(=O)OCC1C[C@@H]2C3CC(CC3COC(=O)C=CC(=O)OCC3C[C@@H]4C5CC(CC5COC(=O)CCCCCCC5C(CCCCCC)CCC(CCCCCCCC)C5CCCCCCC(=O)OCC5CC6CC5[C@@H]5CC(COC(=O)C=CC(=O)OCC7CC8CC7[C@H]7CC(COC(=O)C(=C)C)C[C@@H]87)C[C@H]65)[C@@H]4C3)[C@@H]2C1. The summed E-state index contributed by atoms with van der Waals surface area (Å²) < 4.78 is 45.9. The van der Waals surface area contributed by atoms with Crippen LogP contribution in [0, 0.1) is 166 Å². The first-order valence-electron chi connectivity index (χ1n) is 46.9. The van der Waals surface area contributed by atoms with E-state index in [0.29, 0.717) is 213 Å². The number of hydrogen-bond acceptors (Lipinski definition) is 16. The molecule has 630 valence electrons. The monoisotopic (exact) mass is 1570 g/mol. The fourth-order valence-electron chi connectivity index (χ4n) is 28.2. The molecule has 0 heterocycles. The van der Waals surface area contributed by atoms with Gasteiger partial charge in [-0.15, -0.1) is 0 Å². The highest BCUT2D eigenvalue weighted by Gasteiger charge is 2.60. The van der Waals surface area contributed by atoms with Crippen LogP contribution >= 0.6 is 0 Å². The fourth-order valence-corrected chi connectivity index (χ4v) is 28.2. The van der Waals surface area contributed by atoms with Crippen molar-refractivity contribution in [3.63, 3.8) is 0 Å². The van der Waals surface area contributed by atoms with Crippen LogP contribution in [-0.4, -0.2) is 101 Å². The molecule has 0 radical (unpaired) electrons. The Hall–Kier alpha value is -5.28. The Morgan fingerprint density at radius 1 is 0.292 bits per heavy atom. The van der Waals surface area contributed by atoms with Crippen molar-refractivity contribution in [3.8, 4) is 0 Å². The Bertz CT molecular complexity index is 3240. The number of unbranched alkanes of at least 4 members (excludes halogenated alkanes) is 14. The van der Waals surface area contributed by atoms with Crippen molar-refractivity contribution in [2.24, 2.45) is 166 Å². The van der Waals surface area contributed by atoms with Crippen molar-refractivity contribution < 1.29 is 76.3 Å². The van der Waals surface area contributed by atoms with Gasteiger partial charge in [0, 0.05) is 48.8 Å². The number of rotatable bonds is 48. The van der Waals surface area contributed by atoms with Gasteiger partial charge in [0.15, 0.2) is 0 Å². The third-order valence-corrected chi connectivity index (χ3v) is 33.0. The van der Waals surface area contributed by atoms with Crippen molar-refractivity contribution >= 4 is 47.8 Å². The molecule has 28 atom stereocenters. The average Bonchev–Trinajstić information content (AvgIpc) is 1.61. The van der Waals surface area contributed by atoms with Crippen molar-refractivity contribution in [1.29, 1.82) is 0 Å². The van der Waals surface area contributed by atoms with Crippen LogP contribution in [0.5, 0.6) is 0 Å². The third kappa shape index (κ3) is 22.6. The van der Waals surface area contributed by atoms with E-state index in [2.05, 4.69) is 27.0 Å². The lowest BCUT2D eigenvalue weighted by atomic mass is 9.61. The van der Waals surface area contributed by atoms with E-state index in [1.807, 2.05) is 0 Å². The van der Waals surface area contributed by atoms with Gasteiger partial charge in [0.05, 0.1) is 52.9 Å². The van der Waals surface area contributed by atoms with E-state index in [4.69, 9.17) is 37.9 Å². The van der Waals surface area contributed by atoms with Gasteiger partial charge in [-0.25, -0.2) is 28.8 Å². The lowest BCUT2D eigenvalue weighted by Gasteiger charge is -2.44. The quantitative estimate of drug-likeness (QED) is 0.0240. The van der Waals surface area contributed by atoms with Gasteiger partial charge in [-0.05, 0) is 314 Å². The van der Waals surface area contributed by atoms with E-state index in [0.717, 1.165) is 126 Å². The maximum absolute atomic E-state index is 13.4. The van der Waals surface area contributed by atoms with Crippen molar-refractivity contribution in [2.75, 3.05) is 52.9 Å². The van der Waals surface area contributed by atoms with Gasteiger partial charge in [0.25, 0.3) is 0 Å². The molecule has 13 aliphatic carbocycles. The highest BCUT2D eigenvalue weighted by molar-refractivity contribution is 5.92. The first kappa shape index (κ1) is 85.6. The number of fused-ring (bicyclic) bond motifs is 20. The average molecular weight is 1570 g/mol. The Balaban J connectivity index is 0.476. The van der Waals surface area contributed by atoms with Gasteiger partial charge in [-0.3, -0.25) is 9.59 Å². The van der Waals surface area contributed by atoms with Gasteiger partial charge in [0.1, 0.15) is 0 Å². The fraction of sp³-hybridized carbons (Fsp3) is 0.835. The largest absolute Gasteiger partial charge is 0.465 e. The first-order valence-corrected chi connectivity index (χ1v) is 46.9. The molecular weight excluding hydrogens is 1420 g/mol. The van der Waals surface area contributed by atoms with E-state index in [1.165, 1.54) is 184 Å². The number of ether oxygens (including phenoxy) is 8. The summed E-state index contributed by atoms with van der Waals surface area (Å²) in [6, 6.07) is 0. The number of carbonyl (C=O) groups is 8. The molecule has 0 aromatic carbocycles. The number of carbonyl (C=O) groups excluding carboxylic acids is 8. The standard InChI is InChI=1S/C97H146O16/c1-6-9-11-13-14-20-26-67-32-31-66(25-19-12-10-7-2)76(27-21-15-17-23-29-91(99)109-57-72-45-68-49-82(72)87-42-63(38-79(68)87)54-107-93(101)33-35-95(103)111-59-74-47-70-51-84(74)86-41-62(37-78(70)86)53-106-90(98)8-3)77(67)28-22-16-18-24-30-92(100)110-58-73-46-69-50-83(73)88-43-64(39-80(69)88)55-108-94(102)34-36-96(104)112-60-75-48-71-52-85(75)89-44-65(40-81(71)89)56-113-97(105)61(4)5/h8,33-36,62-89H,3-4,6-7,9-32,37-60H2,1-2,5H3/t62?,63?,64?,65?,66?,67?,68?,69?,70?,71?,72?,73?,74?,75?,76?,77?,78-,79-,80+,81-,82?,83?,84?,85?,86-,87-,88+,89-/m0/s1. The minimum Gasteiger partial charge on any atom is -0.465 e. The second-order valence-electron chi connectivity index (χ2n) is 39.8. The van der Waals surface area contributed by atoms with Crippen LogP contribution in [0.3, 0.4) is 0 Å². The van der Waals surface area contributed by atoms with Gasteiger partial charge in [-0.2, -0.15) is 0 Å². The van der Waals surface area contributed by atoms with Crippen LogP contribution in [-0.2, 0) is 76.3 Å². The molecule has 20 unspecified atom stereocenters. The molecule has 0 aromatic rings. The highest BCUT2D eigenvalue weighted by atomic mass is 16.6. The van der Waals surface area contributed by atoms with Crippen LogP contribution in [0.25, 0.3) is 0 Å². The van der Waals surface area contributed by atoms with Gasteiger partial charge < -0.3 is 37.9 Å². The molecule has 13 fully saturated rings. The van der Waals surface area contributed by atoms with Crippen molar-refractivity contribution in [2.45, 2.75) is 290 Å².